The number of amides is 1. The Hall–Kier alpha value is -1.85. The molecule has 1 aromatic heterocycles. The van der Waals surface area contributed by atoms with E-state index in [4.69, 9.17) is 4.74 Å². The van der Waals surface area contributed by atoms with Crippen molar-refractivity contribution in [2.45, 2.75) is 31.6 Å². The van der Waals surface area contributed by atoms with Gasteiger partial charge in [-0.25, -0.2) is 0 Å². The van der Waals surface area contributed by atoms with E-state index in [0.717, 1.165) is 5.69 Å². The fourth-order valence-electron chi connectivity index (χ4n) is 2.70. The molecule has 0 spiro atoms. The molecule has 6 nitrogen and oxygen atoms in total. The average molecular weight is 277 g/mol. The van der Waals surface area contributed by atoms with Crippen molar-refractivity contribution >= 4 is 11.9 Å². The molecule has 1 saturated heterocycles. The summed E-state index contributed by atoms with van der Waals surface area (Å²) in [5.41, 5.74) is 1.56. The summed E-state index contributed by atoms with van der Waals surface area (Å²) in [5.74, 6) is 0.267. The number of aromatic nitrogens is 2. The van der Waals surface area contributed by atoms with Gasteiger partial charge in [-0.1, -0.05) is 0 Å². The summed E-state index contributed by atoms with van der Waals surface area (Å²) in [6.07, 6.45) is 3.69. The van der Waals surface area contributed by atoms with Crippen molar-refractivity contribution in [3.05, 3.63) is 17.5 Å². The summed E-state index contributed by atoms with van der Waals surface area (Å²) in [6.45, 7) is 1.18. The van der Waals surface area contributed by atoms with Crippen LogP contribution in [-0.2, 0) is 9.53 Å². The number of rotatable bonds is 3. The zero-order valence-corrected chi connectivity index (χ0v) is 11.6. The number of likely N-dealkylation sites (tertiary alicyclic amines) is 1. The molecular weight excluding hydrogens is 258 g/mol. The lowest BCUT2D eigenvalue weighted by Gasteiger charge is -2.30. The number of methoxy groups -OCH3 is 1. The van der Waals surface area contributed by atoms with Crippen LogP contribution in [0.4, 0.5) is 0 Å². The largest absolute Gasteiger partial charge is 0.469 e. The normalized spacial score (nSPS) is 19.9. The minimum atomic E-state index is -0.173. The molecule has 0 radical (unpaired) electrons. The molecule has 20 heavy (non-hydrogen) atoms. The molecule has 1 aliphatic heterocycles. The number of hydrogen-bond acceptors (Lipinski definition) is 4. The molecular formula is C14H19N3O3. The summed E-state index contributed by atoms with van der Waals surface area (Å²) in [6, 6.07) is 1.87. The van der Waals surface area contributed by atoms with Gasteiger partial charge in [0.1, 0.15) is 5.69 Å². The number of H-pyrrole nitrogens is 1. The van der Waals surface area contributed by atoms with Crippen molar-refractivity contribution in [2.24, 2.45) is 5.92 Å². The van der Waals surface area contributed by atoms with Gasteiger partial charge in [-0.3, -0.25) is 14.7 Å². The van der Waals surface area contributed by atoms with Gasteiger partial charge < -0.3 is 9.64 Å². The first-order chi connectivity index (χ1) is 9.69. The summed E-state index contributed by atoms with van der Waals surface area (Å²) in [7, 11) is 1.41. The smallest absolute Gasteiger partial charge is 0.308 e. The molecule has 2 aliphatic rings. The second-order valence-electron chi connectivity index (χ2n) is 5.57. The molecule has 1 amide bonds. The maximum absolute atomic E-state index is 12.3. The first-order valence-corrected chi connectivity index (χ1v) is 7.11. The Labute approximate surface area is 117 Å². The van der Waals surface area contributed by atoms with Crippen molar-refractivity contribution in [3.63, 3.8) is 0 Å². The highest BCUT2D eigenvalue weighted by molar-refractivity contribution is 5.92. The van der Waals surface area contributed by atoms with Crippen LogP contribution in [0.5, 0.6) is 0 Å². The minimum absolute atomic E-state index is 0.0449. The van der Waals surface area contributed by atoms with Gasteiger partial charge in [-0.2, -0.15) is 5.10 Å². The lowest BCUT2D eigenvalue weighted by atomic mass is 9.97. The van der Waals surface area contributed by atoms with E-state index in [0.29, 0.717) is 37.5 Å². The van der Waals surface area contributed by atoms with Crippen molar-refractivity contribution in [1.82, 2.24) is 15.1 Å². The van der Waals surface area contributed by atoms with E-state index in [1.54, 1.807) is 4.90 Å². The van der Waals surface area contributed by atoms with Gasteiger partial charge in [0, 0.05) is 24.7 Å². The third-order valence-electron chi connectivity index (χ3n) is 4.15. The number of nitrogens with zero attached hydrogens (tertiary/aromatic N) is 2. The number of aromatic amines is 1. The van der Waals surface area contributed by atoms with Crippen LogP contribution in [0.2, 0.25) is 0 Å². The van der Waals surface area contributed by atoms with E-state index in [9.17, 15) is 9.59 Å². The van der Waals surface area contributed by atoms with Crippen molar-refractivity contribution in [1.29, 1.82) is 0 Å². The van der Waals surface area contributed by atoms with E-state index < -0.39 is 0 Å². The first kappa shape index (κ1) is 13.1. The van der Waals surface area contributed by atoms with Gasteiger partial charge in [0.05, 0.1) is 13.0 Å². The maximum Gasteiger partial charge on any atom is 0.308 e. The van der Waals surface area contributed by atoms with E-state index in [2.05, 4.69) is 10.2 Å². The molecule has 1 aromatic rings. The van der Waals surface area contributed by atoms with Gasteiger partial charge in [-0.05, 0) is 31.7 Å². The minimum Gasteiger partial charge on any atom is -0.469 e. The summed E-state index contributed by atoms with van der Waals surface area (Å²) in [4.78, 5) is 25.6. The number of piperidine rings is 1. The van der Waals surface area contributed by atoms with Crippen LogP contribution in [-0.4, -0.2) is 47.2 Å². The summed E-state index contributed by atoms with van der Waals surface area (Å²) < 4.78 is 4.75. The zero-order valence-electron chi connectivity index (χ0n) is 11.6. The van der Waals surface area contributed by atoms with E-state index in [1.807, 2.05) is 6.07 Å². The molecule has 0 atom stereocenters. The highest BCUT2D eigenvalue weighted by Crippen LogP contribution is 2.39. The van der Waals surface area contributed by atoms with Gasteiger partial charge >= 0.3 is 5.97 Å². The van der Waals surface area contributed by atoms with Gasteiger partial charge in [0.2, 0.25) is 0 Å². The highest BCUT2D eigenvalue weighted by Gasteiger charge is 2.31. The Kier molecular flexibility index (Phi) is 3.46. The molecule has 3 rings (SSSR count). The van der Waals surface area contributed by atoms with Crippen molar-refractivity contribution < 1.29 is 14.3 Å². The molecule has 1 N–H and O–H groups in total. The lowest BCUT2D eigenvalue weighted by molar-refractivity contribution is -0.146. The van der Waals surface area contributed by atoms with Gasteiger partial charge in [0.25, 0.3) is 5.91 Å². The summed E-state index contributed by atoms with van der Waals surface area (Å²) >= 11 is 0. The molecule has 0 aromatic carbocycles. The fraction of sp³-hybridized carbons (Fsp3) is 0.643. The van der Waals surface area contributed by atoms with Crippen LogP contribution in [0.25, 0.3) is 0 Å². The Balaban J connectivity index is 1.59. The monoisotopic (exact) mass is 277 g/mol. The van der Waals surface area contributed by atoms with Crippen molar-refractivity contribution in [3.8, 4) is 0 Å². The Morgan fingerprint density at radius 1 is 1.30 bits per heavy atom. The first-order valence-electron chi connectivity index (χ1n) is 7.11. The SMILES string of the molecule is COC(=O)C1CCN(C(=O)c2cc(C3CC3)[nH]n2)CC1. The fourth-order valence-corrected chi connectivity index (χ4v) is 2.70. The predicted molar refractivity (Wildman–Crippen MR) is 71.2 cm³/mol. The standard InChI is InChI=1S/C14H19N3O3/c1-20-14(19)10-4-6-17(7-5-10)13(18)12-8-11(15-16-12)9-2-3-9/h8-10H,2-7H2,1H3,(H,15,16). The number of hydrogen-bond donors (Lipinski definition) is 1. The topological polar surface area (TPSA) is 75.3 Å². The number of carbonyl (C=O) groups is 2. The molecule has 1 aliphatic carbocycles. The number of esters is 1. The predicted octanol–water partition coefficient (Wildman–Crippen LogP) is 1.31. The molecule has 0 unspecified atom stereocenters. The van der Waals surface area contributed by atoms with Crippen LogP contribution < -0.4 is 0 Å². The van der Waals surface area contributed by atoms with Crippen LogP contribution in [0.1, 0.15) is 47.8 Å². The Morgan fingerprint density at radius 3 is 2.60 bits per heavy atom. The molecule has 0 bridgehead atoms. The van der Waals surface area contributed by atoms with Gasteiger partial charge in [0.15, 0.2) is 0 Å². The highest BCUT2D eigenvalue weighted by atomic mass is 16.5. The zero-order chi connectivity index (χ0) is 14.1. The van der Waals surface area contributed by atoms with Crippen molar-refractivity contribution in [2.75, 3.05) is 20.2 Å². The average Bonchev–Trinajstić information content (AvgIpc) is 3.23. The van der Waals surface area contributed by atoms with E-state index in [1.165, 1.54) is 20.0 Å². The van der Waals surface area contributed by atoms with Crippen LogP contribution in [0, 0.1) is 5.92 Å². The van der Waals surface area contributed by atoms with Crippen LogP contribution in [0.3, 0.4) is 0 Å². The Bertz CT molecular complexity index is 513. The lowest BCUT2D eigenvalue weighted by Crippen LogP contribution is -2.40. The van der Waals surface area contributed by atoms with Gasteiger partial charge in [-0.15, -0.1) is 0 Å². The summed E-state index contributed by atoms with van der Waals surface area (Å²) in [5, 5.41) is 7.07. The van der Waals surface area contributed by atoms with E-state index in [-0.39, 0.29) is 17.8 Å². The molecule has 108 valence electrons. The quantitative estimate of drug-likeness (QED) is 0.845. The molecule has 2 heterocycles. The van der Waals surface area contributed by atoms with E-state index >= 15 is 0 Å². The number of ether oxygens (including phenoxy) is 1. The number of carbonyl (C=O) groups excluding carboxylic acids is 2. The maximum atomic E-state index is 12.3. The third kappa shape index (κ3) is 2.55. The molecule has 1 saturated carbocycles. The Morgan fingerprint density at radius 2 is 2.00 bits per heavy atom. The second kappa shape index (κ2) is 5.26. The number of nitrogens with one attached hydrogen (secondary N) is 1. The third-order valence-corrected chi connectivity index (χ3v) is 4.15. The van der Waals surface area contributed by atoms with Crippen LogP contribution >= 0.6 is 0 Å². The second-order valence-corrected chi connectivity index (χ2v) is 5.57. The molecule has 6 heteroatoms. The molecule has 2 fully saturated rings. The van der Waals surface area contributed by atoms with Crippen LogP contribution in [0.15, 0.2) is 6.07 Å².